The maximum atomic E-state index is 10.9. The summed E-state index contributed by atoms with van der Waals surface area (Å²) in [6.45, 7) is 2.52. The molecular formula is C14H17N5O3S. The number of aromatic nitrogens is 2. The monoisotopic (exact) mass is 335 g/mol. The van der Waals surface area contributed by atoms with E-state index in [4.69, 9.17) is 17.3 Å². The van der Waals surface area contributed by atoms with E-state index in [1.54, 1.807) is 19.1 Å². The minimum Gasteiger partial charge on any atom is -0.392 e. The molecule has 0 aliphatic heterocycles. The molecule has 0 spiro atoms. The van der Waals surface area contributed by atoms with E-state index in [1.807, 2.05) is 12.1 Å². The minimum atomic E-state index is -0.459. The van der Waals surface area contributed by atoms with Gasteiger partial charge in [-0.15, -0.1) is 0 Å². The van der Waals surface area contributed by atoms with Gasteiger partial charge in [0, 0.05) is 12.6 Å². The molecule has 2 rings (SSSR count). The highest BCUT2D eigenvalue weighted by Gasteiger charge is 2.16. The number of benzene rings is 1. The largest absolute Gasteiger partial charge is 0.392 e. The molecule has 1 aromatic carbocycles. The summed E-state index contributed by atoms with van der Waals surface area (Å²) >= 11 is 5.18. The molecule has 1 aromatic heterocycles. The first-order valence-corrected chi connectivity index (χ1v) is 7.33. The van der Waals surface area contributed by atoms with Crippen molar-refractivity contribution in [2.24, 2.45) is 0 Å². The number of nitrogens with zero attached hydrogens (tertiary/aromatic N) is 3. The van der Waals surface area contributed by atoms with Crippen LogP contribution in [0.4, 0.5) is 11.5 Å². The number of anilines is 1. The van der Waals surface area contributed by atoms with Crippen LogP contribution in [0.2, 0.25) is 0 Å². The van der Waals surface area contributed by atoms with Gasteiger partial charge in [-0.25, -0.2) is 9.55 Å². The van der Waals surface area contributed by atoms with Gasteiger partial charge in [0.05, 0.1) is 13.2 Å². The molecule has 9 heteroatoms. The molecule has 122 valence electrons. The topological polar surface area (TPSA) is 105 Å². The zero-order valence-electron chi connectivity index (χ0n) is 12.5. The summed E-state index contributed by atoms with van der Waals surface area (Å²) in [4.78, 5) is 14.4. The van der Waals surface area contributed by atoms with E-state index in [-0.39, 0.29) is 12.4 Å². The highest BCUT2D eigenvalue weighted by molar-refractivity contribution is 7.80. The summed E-state index contributed by atoms with van der Waals surface area (Å²) in [6.07, 6.45) is 1.24. The minimum absolute atomic E-state index is 0.00792. The lowest BCUT2D eigenvalue weighted by atomic mass is 10.2. The van der Waals surface area contributed by atoms with Crippen LogP contribution in [-0.2, 0) is 13.2 Å². The molecule has 0 fully saturated rings. The number of aliphatic hydroxyl groups is 1. The molecule has 3 N–H and O–H groups in total. The molecule has 0 saturated carbocycles. The Kier molecular flexibility index (Phi) is 5.61. The number of aryl methyl sites for hydroxylation is 1. The molecule has 0 aliphatic rings. The summed E-state index contributed by atoms with van der Waals surface area (Å²) in [5.74, 6) is 0.541. The first-order chi connectivity index (χ1) is 11.0. The van der Waals surface area contributed by atoms with Gasteiger partial charge >= 0.3 is 5.82 Å². The van der Waals surface area contributed by atoms with Crippen LogP contribution in [0.25, 0.3) is 0 Å². The second-order valence-corrected chi connectivity index (χ2v) is 5.22. The van der Waals surface area contributed by atoms with Crippen molar-refractivity contribution in [1.82, 2.24) is 14.9 Å². The molecule has 0 amide bonds. The SMILES string of the molecule is Cc1ncc([N+](=O)[O-])n1CCNC(=S)Nc1ccc(CO)cc1. The summed E-state index contributed by atoms with van der Waals surface area (Å²) in [6, 6.07) is 7.21. The lowest BCUT2D eigenvalue weighted by molar-refractivity contribution is -0.392. The van der Waals surface area contributed by atoms with Crippen molar-refractivity contribution >= 4 is 28.8 Å². The number of nitrogens with one attached hydrogen (secondary N) is 2. The van der Waals surface area contributed by atoms with Crippen LogP contribution >= 0.6 is 12.2 Å². The quantitative estimate of drug-likeness (QED) is 0.418. The van der Waals surface area contributed by atoms with Crippen molar-refractivity contribution < 1.29 is 10.0 Å². The van der Waals surface area contributed by atoms with E-state index in [9.17, 15) is 10.1 Å². The fourth-order valence-corrected chi connectivity index (χ4v) is 2.25. The molecule has 8 nitrogen and oxygen atoms in total. The van der Waals surface area contributed by atoms with Gasteiger partial charge in [0.1, 0.15) is 12.7 Å². The fourth-order valence-electron chi connectivity index (χ4n) is 2.03. The molecule has 0 bridgehead atoms. The molecule has 0 saturated heterocycles. The van der Waals surface area contributed by atoms with Crippen molar-refractivity contribution in [2.75, 3.05) is 11.9 Å². The number of thiocarbonyl (C=S) groups is 1. The Bertz CT molecular complexity index is 699. The van der Waals surface area contributed by atoms with Gasteiger partial charge in [-0.05, 0) is 34.8 Å². The Morgan fingerprint density at radius 1 is 1.43 bits per heavy atom. The summed E-state index contributed by atoms with van der Waals surface area (Å²) in [7, 11) is 0. The molecule has 1 heterocycles. The smallest absolute Gasteiger partial charge is 0.342 e. The Balaban J connectivity index is 1.85. The Labute approximate surface area is 138 Å². The van der Waals surface area contributed by atoms with Crippen LogP contribution in [0.5, 0.6) is 0 Å². The summed E-state index contributed by atoms with van der Waals surface area (Å²) in [5.41, 5.74) is 1.61. The van der Waals surface area contributed by atoms with Crippen LogP contribution in [0, 0.1) is 17.0 Å². The van der Waals surface area contributed by atoms with Gasteiger partial charge in [0.2, 0.25) is 0 Å². The zero-order valence-corrected chi connectivity index (χ0v) is 13.3. The standard InChI is InChI=1S/C14H17N5O3S/c1-10-16-8-13(19(21)22)18(10)7-6-15-14(23)17-12-4-2-11(9-20)3-5-12/h2-5,8,20H,6-7,9H2,1H3,(H2,15,17,23). The first-order valence-electron chi connectivity index (χ1n) is 6.92. The number of hydrogen-bond donors (Lipinski definition) is 3. The summed E-state index contributed by atoms with van der Waals surface area (Å²) in [5, 5.41) is 26.3. The van der Waals surface area contributed by atoms with Gasteiger partial charge in [0.15, 0.2) is 10.9 Å². The average Bonchev–Trinajstić information content (AvgIpc) is 2.89. The van der Waals surface area contributed by atoms with E-state index in [1.165, 1.54) is 10.8 Å². The predicted octanol–water partition coefficient (Wildman–Crippen LogP) is 1.58. The number of hydrogen-bond acceptors (Lipinski definition) is 5. The Morgan fingerprint density at radius 3 is 2.74 bits per heavy atom. The highest BCUT2D eigenvalue weighted by atomic mass is 32.1. The number of imidazole rings is 1. The third kappa shape index (κ3) is 4.47. The van der Waals surface area contributed by atoms with Crippen molar-refractivity contribution in [3.05, 3.63) is 52.0 Å². The zero-order chi connectivity index (χ0) is 16.8. The van der Waals surface area contributed by atoms with E-state index < -0.39 is 4.92 Å². The van der Waals surface area contributed by atoms with Gasteiger partial charge in [-0.1, -0.05) is 12.1 Å². The van der Waals surface area contributed by atoms with E-state index in [2.05, 4.69) is 15.6 Å². The van der Waals surface area contributed by atoms with Crippen LogP contribution < -0.4 is 10.6 Å². The maximum Gasteiger partial charge on any atom is 0.342 e. The van der Waals surface area contributed by atoms with Crippen LogP contribution in [-0.4, -0.2) is 31.2 Å². The van der Waals surface area contributed by atoms with E-state index in [0.717, 1.165) is 11.3 Å². The molecular weight excluding hydrogens is 318 g/mol. The van der Waals surface area contributed by atoms with Crippen LogP contribution in [0.1, 0.15) is 11.4 Å². The van der Waals surface area contributed by atoms with Crippen molar-refractivity contribution in [1.29, 1.82) is 0 Å². The van der Waals surface area contributed by atoms with E-state index in [0.29, 0.717) is 24.0 Å². The molecule has 0 radical (unpaired) electrons. The molecule has 23 heavy (non-hydrogen) atoms. The highest BCUT2D eigenvalue weighted by Crippen LogP contribution is 2.13. The third-order valence-corrected chi connectivity index (χ3v) is 3.48. The number of rotatable bonds is 6. The van der Waals surface area contributed by atoms with E-state index >= 15 is 0 Å². The van der Waals surface area contributed by atoms with Crippen LogP contribution in [0.15, 0.2) is 30.5 Å². The molecule has 0 aliphatic carbocycles. The maximum absolute atomic E-state index is 10.9. The predicted molar refractivity (Wildman–Crippen MR) is 90.2 cm³/mol. The molecule has 2 aromatic rings. The average molecular weight is 335 g/mol. The molecule has 0 atom stereocenters. The van der Waals surface area contributed by atoms with Crippen molar-refractivity contribution in [3.8, 4) is 0 Å². The lowest BCUT2D eigenvalue weighted by Crippen LogP contribution is -2.31. The fraction of sp³-hybridized carbons (Fsp3) is 0.286. The van der Waals surface area contributed by atoms with Gasteiger partial charge < -0.3 is 25.9 Å². The second kappa shape index (κ2) is 7.65. The van der Waals surface area contributed by atoms with Gasteiger partial charge in [-0.2, -0.15) is 0 Å². The van der Waals surface area contributed by atoms with Crippen molar-refractivity contribution in [2.45, 2.75) is 20.1 Å². The Morgan fingerprint density at radius 2 is 2.13 bits per heavy atom. The lowest BCUT2D eigenvalue weighted by Gasteiger charge is -2.10. The first kappa shape index (κ1) is 16.8. The number of aliphatic hydroxyl groups excluding tert-OH is 1. The van der Waals surface area contributed by atoms with Crippen LogP contribution in [0.3, 0.4) is 0 Å². The van der Waals surface area contributed by atoms with Gasteiger partial charge in [0.25, 0.3) is 0 Å². The molecule has 0 unspecified atom stereocenters. The Hall–Kier alpha value is -2.52. The normalized spacial score (nSPS) is 10.3. The second-order valence-electron chi connectivity index (χ2n) is 4.81. The number of nitro groups is 1. The van der Waals surface area contributed by atoms with Crippen molar-refractivity contribution in [3.63, 3.8) is 0 Å². The summed E-state index contributed by atoms with van der Waals surface area (Å²) < 4.78 is 1.52. The third-order valence-electron chi connectivity index (χ3n) is 3.24. The van der Waals surface area contributed by atoms with Gasteiger partial charge in [-0.3, -0.25) is 0 Å².